The van der Waals surface area contributed by atoms with Gasteiger partial charge in [0.15, 0.2) is 0 Å². The number of fused-ring (bicyclic) bond motifs is 1. The average Bonchev–Trinajstić information content (AvgIpc) is 3.41. The van der Waals surface area contributed by atoms with Crippen LogP contribution in [-0.2, 0) is 37.7 Å². The van der Waals surface area contributed by atoms with Crippen molar-refractivity contribution in [2.24, 2.45) is 0 Å². The molecule has 0 saturated heterocycles. The molecule has 11 heteroatoms. The molecule has 5 rings (SSSR count). The second-order valence-corrected chi connectivity index (χ2v) is 14.1. The zero-order valence-corrected chi connectivity index (χ0v) is 25.2. The smallest absolute Gasteiger partial charge is 0.264 e. The van der Waals surface area contributed by atoms with E-state index in [4.69, 9.17) is 11.6 Å². The highest BCUT2D eigenvalue weighted by Crippen LogP contribution is 2.35. The van der Waals surface area contributed by atoms with Gasteiger partial charge >= 0.3 is 0 Å². The normalized spacial score (nSPS) is 13.9. The highest BCUT2D eigenvalue weighted by molar-refractivity contribution is 7.92. The van der Waals surface area contributed by atoms with Crippen molar-refractivity contribution in [2.45, 2.75) is 42.0 Å². The number of benzene rings is 4. The summed E-state index contributed by atoms with van der Waals surface area (Å²) in [6, 6.07) is 26.7. The van der Waals surface area contributed by atoms with Crippen molar-refractivity contribution < 1.29 is 21.6 Å². The summed E-state index contributed by atoms with van der Waals surface area (Å²) in [6.07, 6.45) is 1.14. The lowest BCUT2D eigenvalue weighted by molar-refractivity contribution is -0.116. The first-order chi connectivity index (χ1) is 20.0. The van der Waals surface area contributed by atoms with Gasteiger partial charge in [-0.15, -0.1) is 0 Å². The number of halogens is 1. The Morgan fingerprint density at radius 2 is 1.55 bits per heavy atom. The van der Waals surface area contributed by atoms with Gasteiger partial charge in [0, 0.05) is 29.7 Å². The van der Waals surface area contributed by atoms with E-state index in [0.717, 1.165) is 16.7 Å². The van der Waals surface area contributed by atoms with Crippen LogP contribution in [0.1, 0.15) is 36.1 Å². The van der Waals surface area contributed by atoms with Crippen LogP contribution in [0.4, 0.5) is 11.4 Å². The fourth-order valence-electron chi connectivity index (χ4n) is 4.84. The maximum Gasteiger partial charge on any atom is 0.264 e. The molecule has 0 saturated carbocycles. The molecular weight excluding hydrogens is 594 g/mol. The van der Waals surface area contributed by atoms with Crippen LogP contribution < -0.4 is 14.3 Å². The van der Waals surface area contributed by atoms with Crippen LogP contribution in [0, 0.1) is 0 Å². The summed E-state index contributed by atoms with van der Waals surface area (Å²) in [6.45, 7) is 2.10. The molecule has 0 aliphatic carbocycles. The summed E-state index contributed by atoms with van der Waals surface area (Å²) < 4.78 is 56.2. The quantitative estimate of drug-likeness (QED) is 0.235. The molecule has 1 amide bonds. The maximum absolute atomic E-state index is 13.3. The number of sulfonamides is 2. The number of amides is 1. The van der Waals surface area contributed by atoms with Gasteiger partial charge in [-0.3, -0.25) is 9.10 Å². The van der Waals surface area contributed by atoms with Gasteiger partial charge in [-0.1, -0.05) is 60.1 Å². The average molecular weight is 624 g/mol. The van der Waals surface area contributed by atoms with E-state index in [2.05, 4.69) is 10.0 Å². The SMILES string of the molecule is C[C@H](NS(=O)(=O)c1ccc(CCC(=O)Nc2ccc3c(c2)N(S(=O)(=O)c2ccc(Cl)cc2)CC3)cc1)c1ccccc1. The molecule has 218 valence electrons. The third-order valence-electron chi connectivity index (χ3n) is 7.13. The first kappa shape index (κ1) is 29.8. The van der Waals surface area contributed by atoms with Crippen molar-refractivity contribution in [3.05, 3.63) is 119 Å². The van der Waals surface area contributed by atoms with Gasteiger partial charge in [0.2, 0.25) is 15.9 Å². The minimum Gasteiger partial charge on any atom is -0.326 e. The monoisotopic (exact) mass is 623 g/mol. The maximum atomic E-state index is 13.3. The minimum absolute atomic E-state index is 0.148. The third kappa shape index (κ3) is 6.68. The zero-order chi connectivity index (χ0) is 29.9. The topological polar surface area (TPSA) is 113 Å². The number of carbonyl (C=O) groups excluding carboxylic acids is 1. The second kappa shape index (κ2) is 12.3. The number of hydrogen-bond acceptors (Lipinski definition) is 5. The first-order valence-electron chi connectivity index (χ1n) is 13.4. The lowest BCUT2D eigenvalue weighted by atomic mass is 10.1. The van der Waals surface area contributed by atoms with Crippen molar-refractivity contribution in [2.75, 3.05) is 16.2 Å². The van der Waals surface area contributed by atoms with Crippen LogP contribution in [0.25, 0.3) is 0 Å². The molecule has 1 atom stereocenters. The molecular formula is C31H30ClN3O5S2. The van der Waals surface area contributed by atoms with Crippen molar-refractivity contribution in [1.29, 1.82) is 0 Å². The summed E-state index contributed by atoms with van der Waals surface area (Å²) in [5.74, 6) is -0.241. The van der Waals surface area contributed by atoms with Crippen molar-refractivity contribution in [1.82, 2.24) is 4.72 Å². The zero-order valence-electron chi connectivity index (χ0n) is 22.8. The molecule has 1 aliphatic heterocycles. The van der Waals surface area contributed by atoms with Gasteiger partial charge in [0.05, 0.1) is 15.5 Å². The highest BCUT2D eigenvalue weighted by atomic mass is 35.5. The fourth-order valence-corrected chi connectivity index (χ4v) is 7.69. The summed E-state index contributed by atoms with van der Waals surface area (Å²) in [4.78, 5) is 13.0. The van der Waals surface area contributed by atoms with Gasteiger partial charge in [0.1, 0.15) is 0 Å². The lowest BCUT2D eigenvalue weighted by Crippen LogP contribution is -2.29. The Morgan fingerprint density at radius 1 is 0.881 bits per heavy atom. The van der Waals surface area contributed by atoms with E-state index >= 15 is 0 Å². The number of rotatable bonds is 10. The Balaban J connectivity index is 1.19. The Labute approximate surface area is 251 Å². The summed E-state index contributed by atoms with van der Waals surface area (Å²) in [5, 5.41) is 3.30. The van der Waals surface area contributed by atoms with E-state index in [1.165, 1.54) is 40.7 Å². The first-order valence-corrected chi connectivity index (χ1v) is 16.7. The van der Waals surface area contributed by atoms with Gasteiger partial charge in [-0.25, -0.2) is 21.6 Å². The van der Waals surface area contributed by atoms with Gasteiger partial charge < -0.3 is 5.32 Å². The predicted molar refractivity (Wildman–Crippen MR) is 165 cm³/mol. The largest absolute Gasteiger partial charge is 0.326 e. The van der Waals surface area contributed by atoms with Crippen LogP contribution in [0.15, 0.2) is 107 Å². The van der Waals surface area contributed by atoms with Crippen LogP contribution in [-0.4, -0.2) is 29.3 Å². The third-order valence-corrected chi connectivity index (χ3v) is 10.8. The van der Waals surface area contributed by atoms with Gasteiger partial charge in [-0.05, 0) is 85.0 Å². The van der Waals surface area contributed by atoms with Crippen LogP contribution >= 0.6 is 11.6 Å². The standard InChI is InChI=1S/C31H30ClN3O5S2/c1-22(24-5-3-2-4-6-24)34-41(37,38)28-14-7-23(8-15-28)9-18-31(36)33-27-13-10-25-19-20-35(30(25)21-27)42(39,40)29-16-11-26(32)12-17-29/h2-8,10-17,21-22,34H,9,18-20H2,1H3,(H,33,36)/t22-/m0/s1. The predicted octanol–water partition coefficient (Wildman–Crippen LogP) is 5.70. The van der Waals surface area contributed by atoms with Crippen molar-refractivity contribution >= 4 is 48.9 Å². The molecule has 0 radical (unpaired) electrons. The molecule has 0 fully saturated rings. The van der Waals surface area contributed by atoms with E-state index < -0.39 is 20.0 Å². The Hall–Kier alpha value is -3.70. The lowest BCUT2D eigenvalue weighted by Gasteiger charge is -2.20. The molecule has 2 N–H and O–H groups in total. The fraction of sp³-hybridized carbons (Fsp3) is 0.194. The molecule has 42 heavy (non-hydrogen) atoms. The summed E-state index contributed by atoms with van der Waals surface area (Å²) >= 11 is 5.92. The number of anilines is 2. The number of nitrogens with one attached hydrogen (secondary N) is 2. The highest BCUT2D eigenvalue weighted by Gasteiger charge is 2.31. The Morgan fingerprint density at radius 3 is 2.24 bits per heavy atom. The van der Waals surface area contributed by atoms with Crippen LogP contribution in [0.2, 0.25) is 5.02 Å². The van der Waals surface area contributed by atoms with E-state index in [1.807, 2.05) is 36.4 Å². The number of hydrogen-bond donors (Lipinski definition) is 2. The van der Waals surface area contributed by atoms with E-state index in [-0.39, 0.29) is 28.2 Å². The molecule has 1 aliphatic rings. The van der Waals surface area contributed by atoms with Crippen LogP contribution in [0.5, 0.6) is 0 Å². The van der Waals surface area contributed by atoms with Crippen molar-refractivity contribution in [3.8, 4) is 0 Å². The molecule has 1 heterocycles. The molecule has 0 unspecified atom stereocenters. The molecule has 0 spiro atoms. The number of aryl methyl sites for hydroxylation is 1. The Kier molecular flexibility index (Phi) is 8.70. The van der Waals surface area contributed by atoms with Gasteiger partial charge in [-0.2, -0.15) is 0 Å². The molecule has 0 bridgehead atoms. The number of nitrogens with zero attached hydrogens (tertiary/aromatic N) is 1. The molecule has 4 aromatic rings. The van der Waals surface area contributed by atoms with E-state index in [9.17, 15) is 21.6 Å². The second-order valence-electron chi connectivity index (χ2n) is 10.1. The summed E-state index contributed by atoms with van der Waals surface area (Å²) in [7, 11) is -7.50. The summed E-state index contributed by atoms with van der Waals surface area (Å²) in [5.41, 5.74) is 3.59. The molecule has 8 nitrogen and oxygen atoms in total. The molecule has 0 aromatic heterocycles. The van der Waals surface area contributed by atoms with Crippen molar-refractivity contribution in [3.63, 3.8) is 0 Å². The number of carbonyl (C=O) groups is 1. The van der Waals surface area contributed by atoms with Crippen LogP contribution in [0.3, 0.4) is 0 Å². The van der Waals surface area contributed by atoms with E-state index in [1.54, 1.807) is 31.2 Å². The minimum atomic E-state index is -3.78. The van der Waals surface area contributed by atoms with Gasteiger partial charge in [0.25, 0.3) is 10.0 Å². The Bertz CT molecular complexity index is 1800. The van der Waals surface area contributed by atoms with E-state index in [0.29, 0.717) is 35.8 Å². The molecule has 4 aromatic carbocycles.